The summed E-state index contributed by atoms with van der Waals surface area (Å²) in [5, 5.41) is 3.43. The number of nitrogens with one attached hydrogen (secondary N) is 1. The lowest BCUT2D eigenvalue weighted by Gasteiger charge is -2.25. The molecular weight excluding hydrogens is 172 g/mol. The Balaban J connectivity index is 2.06. The Morgan fingerprint density at radius 2 is 2.21 bits per heavy atom. The summed E-state index contributed by atoms with van der Waals surface area (Å²) in [6.45, 7) is 11.8. The second-order valence-electron chi connectivity index (χ2n) is 4.72. The van der Waals surface area contributed by atoms with Gasteiger partial charge in [-0.1, -0.05) is 6.92 Å². The fraction of sp³-hybridized carbons (Fsp3) is 1.00. The first-order valence-electron chi connectivity index (χ1n) is 6.18. The van der Waals surface area contributed by atoms with Crippen molar-refractivity contribution in [2.45, 2.75) is 46.1 Å². The van der Waals surface area contributed by atoms with Crippen LogP contribution in [-0.2, 0) is 0 Å². The molecule has 1 heterocycles. The van der Waals surface area contributed by atoms with Crippen LogP contribution in [0, 0.1) is 5.92 Å². The highest BCUT2D eigenvalue weighted by Gasteiger charge is 2.14. The van der Waals surface area contributed by atoms with E-state index in [-0.39, 0.29) is 0 Å². The molecular formula is C12H26N2. The van der Waals surface area contributed by atoms with E-state index in [0.29, 0.717) is 6.04 Å². The minimum absolute atomic E-state index is 0.710. The van der Waals surface area contributed by atoms with Crippen LogP contribution in [0.15, 0.2) is 0 Å². The molecule has 1 aliphatic rings. The van der Waals surface area contributed by atoms with E-state index in [1.807, 2.05) is 0 Å². The fourth-order valence-electron chi connectivity index (χ4n) is 2.33. The Hall–Kier alpha value is -0.0800. The third kappa shape index (κ3) is 3.97. The van der Waals surface area contributed by atoms with Gasteiger partial charge >= 0.3 is 0 Å². The molecule has 1 saturated heterocycles. The zero-order valence-corrected chi connectivity index (χ0v) is 10.1. The van der Waals surface area contributed by atoms with Crippen LogP contribution in [0.1, 0.15) is 40.0 Å². The summed E-state index contributed by atoms with van der Waals surface area (Å²) in [5.41, 5.74) is 0. The number of hydrogen-bond donors (Lipinski definition) is 1. The van der Waals surface area contributed by atoms with Crippen molar-refractivity contribution in [1.29, 1.82) is 0 Å². The van der Waals surface area contributed by atoms with Gasteiger partial charge in [0, 0.05) is 6.04 Å². The molecule has 0 aromatic heterocycles. The molecule has 0 aromatic rings. The van der Waals surface area contributed by atoms with Crippen molar-refractivity contribution in [1.82, 2.24) is 10.2 Å². The summed E-state index contributed by atoms with van der Waals surface area (Å²) in [6, 6.07) is 0.710. The molecule has 1 N–H and O–H groups in total. The average molecular weight is 198 g/mol. The third-order valence-electron chi connectivity index (χ3n) is 3.36. The molecule has 0 aromatic carbocycles. The number of nitrogens with zero attached hydrogens (tertiary/aromatic N) is 1. The highest BCUT2D eigenvalue weighted by Crippen LogP contribution is 2.14. The first kappa shape index (κ1) is 12.0. The highest BCUT2D eigenvalue weighted by molar-refractivity contribution is 4.72. The van der Waals surface area contributed by atoms with E-state index in [0.717, 1.165) is 5.92 Å². The topological polar surface area (TPSA) is 15.3 Å². The lowest BCUT2D eigenvalue weighted by atomic mass is 10.0. The SMILES string of the molecule is CCN(CCCC1CCNC1)C(C)C. The molecule has 1 fully saturated rings. The van der Waals surface area contributed by atoms with Gasteiger partial charge in [-0.05, 0) is 65.2 Å². The average Bonchev–Trinajstić information content (AvgIpc) is 2.64. The fourth-order valence-corrected chi connectivity index (χ4v) is 2.33. The molecule has 0 amide bonds. The van der Waals surface area contributed by atoms with Gasteiger partial charge < -0.3 is 10.2 Å². The minimum atomic E-state index is 0.710. The van der Waals surface area contributed by atoms with E-state index >= 15 is 0 Å². The van der Waals surface area contributed by atoms with Crippen molar-refractivity contribution in [2.24, 2.45) is 5.92 Å². The summed E-state index contributed by atoms with van der Waals surface area (Å²) in [4.78, 5) is 2.56. The van der Waals surface area contributed by atoms with Crippen LogP contribution in [0.4, 0.5) is 0 Å². The summed E-state index contributed by atoms with van der Waals surface area (Å²) in [7, 11) is 0. The summed E-state index contributed by atoms with van der Waals surface area (Å²) < 4.78 is 0. The van der Waals surface area contributed by atoms with Crippen LogP contribution in [0.3, 0.4) is 0 Å². The van der Waals surface area contributed by atoms with E-state index < -0.39 is 0 Å². The van der Waals surface area contributed by atoms with Gasteiger partial charge in [-0.25, -0.2) is 0 Å². The van der Waals surface area contributed by atoms with E-state index in [4.69, 9.17) is 0 Å². The van der Waals surface area contributed by atoms with Crippen LogP contribution < -0.4 is 5.32 Å². The van der Waals surface area contributed by atoms with Gasteiger partial charge in [0.15, 0.2) is 0 Å². The predicted molar refractivity (Wildman–Crippen MR) is 62.6 cm³/mol. The Morgan fingerprint density at radius 3 is 2.71 bits per heavy atom. The first-order chi connectivity index (χ1) is 6.74. The Kier molecular flexibility index (Phi) is 5.49. The van der Waals surface area contributed by atoms with Gasteiger partial charge in [0.2, 0.25) is 0 Å². The molecule has 0 radical (unpaired) electrons. The molecule has 1 atom stereocenters. The number of rotatable bonds is 6. The van der Waals surface area contributed by atoms with Gasteiger partial charge in [-0.15, -0.1) is 0 Å². The minimum Gasteiger partial charge on any atom is -0.316 e. The maximum atomic E-state index is 3.43. The molecule has 84 valence electrons. The largest absolute Gasteiger partial charge is 0.316 e. The highest BCUT2D eigenvalue weighted by atomic mass is 15.1. The number of hydrogen-bond acceptors (Lipinski definition) is 2. The smallest absolute Gasteiger partial charge is 0.00384 e. The second kappa shape index (κ2) is 6.41. The Morgan fingerprint density at radius 1 is 1.43 bits per heavy atom. The van der Waals surface area contributed by atoms with Crippen LogP contribution in [-0.4, -0.2) is 37.1 Å². The monoisotopic (exact) mass is 198 g/mol. The zero-order chi connectivity index (χ0) is 10.4. The van der Waals surface area contributed by atoms with Crippen molar-refractivity contribution >= 4 is 0 Å². The van der Waals surface area contributed by atoms with E-state index in [9.17, 15) is 0 Å². The van der Waals surface area contributed by atoms with E-state index in [2.05, 4.69) is 31.0 Å². The van der Waals surface area contributed by atoms with Crippen molar-refractivity contribution in [3.05, 3.63) is 0 Å². The molecule has 1 unspecified atom stereocenters. The van der Waals surface area contributed by atoms with Crippen LogP contribution >= 0.6 is 0 Å². The standard InChI is InChI=1S/C12H26N2/c1-4-14(11(2)3)9-5-6-12-7-8-13-10-12/h11-13H,4-10H2,1-3H3. The van der Waals surface area contributed by atoms with Crippen molar-refractivity contribution in [3.8, 4) is 0 Å². The molecule has 2 heteroatoms. The van der Waals surface area contributed by atoms with Crippen LogP contribution in [0.2, 0.25) is 0 Å². The third-order valence-corrected chi connectivity index (χ3v) is 3.36. The predicted octanol–water partition coefficient (Wildman–Crippen LogP) is 2.11. The van der Waals surface area contributed by atoms with E-state index in [1.54, 1.807) is 0 Å². The van der Waals surface area contributed by atoms with Gasteiger partial charge in [0.05, 0.1) is 0 Å². The maximum absolute atomic E-state index is 3.43. The van der Waals surface area contributed by atoms with Gasteiger partial charge in [-0.2, -0.15) is 0 Å². The Labute approximate surface area is 89.1 Å². The Bertz CT molecular complexity index is 139. The zero-order valence-electron chi connectivity index (χ0n) is 10.1. The lowest BCUT2D eigenvalue weighted by Crippen LogP contribution is -2.31. The van der Waals surface area contributed by atoms with Gasteiger partial charge in [0.1, 0.15) is 0 Å². The summed E-state index contributed by atoms with van der Waals surface area (Å²) >= 11 is 0. The van der Waals surface area contributed by atoms with E-state index in [1.165, 1.54) is 45.4 Å². The maximum Gasteiger partial charge on any atom is 0.00384 e. The van der Waals surface area contributed by atoms with Crippen molar-refractivity contribution in [3.63, 3.8) is 0 Å². The summed E-state index contributed by atoms with van der Waals surface area (Å²) in [5.74, 6) is 0.959. The van der Waals surface area contributed by atoms with Crippen LogP contribution in [0.5, 0.6) is 0 Å². The van der Waals surface area contributed by atoms with Crippen LogP contribution in [0.25, 0.3) is 0 Å². The molecule has 1 rings (SSSR count). The molecule has 0 spiro atoms. The molecule has 0 aliphatic carbocycles. The van der Waals surface area contributed by atoms with Gasteiger partial charge in [0.25, 0.3) is 0 Å². The normalized spacial score (nSPS) is 22.5. The quantitative estimate of drug-likeness (QED) is 0.703. The second-order valence-corrected chi connectivity index (χ2v) is 4.72. The lowest BCUT2D eigenvalue weighted by molar-refractivity contribution is 0.224. The molecule has 14 heavy (non-hydrogen) atoms. The molecule has 1 aliphatic heterocycles. The molecule has 2 nitrogen and oxygen atoms in total. The first-order valence-corrected chi connectivity index (χ1v) is 6.18. The molecule has 0 bridgehead atoms. The summed E-state index contributed by atoms with van der Waals surface area (Å²) in [6.07, 6.45) is 4.18. The van der Waals surface area contributed by atoms with Crippen molar-refractivity contribution < 1.29 is 0 Å². The van der Waals surface area contributed by atoms with Crippen molar-refractivity contribution in [2.75, 3.05) is 26.2 Å². The molecule has 0 saturated carbocycles. The van der Waals surface area contributed by atoms with Gasteiger partial charge in [-0.3, -0.25) is 0 Å².